The van der Waals surface area contributed by atoms with E-state index in [0.29, 0.717) is 5.56 Å². The molecule has 0 unspecified atom stereocenters. The molecule has 1 aromatic rings. The minimum Gasteiger partial charge on any atom is -0.496 e. The largest absolute Gasteiger partial charge is 0.496 e. The SMILES string of the molecule is COc1cc(C)c(C(=O)C(C)(C)C#N)cc1C(C)C. The molecular weight excluding hydrogens is 238 g/mol. The fourth-order valence-electron chi connectivity index (χ4n) is 1.96. The molecule has 0 aliphatic rings. The Morgan fingerprint density at radius 1 is 1.37 bits per heavy atom. The van der Waals surface area contributed by atoms with Crippen LogP contribution in [0.2, 0.25) is 0 Å². The summed E-state index contributed by atoms with van der Waals surface area (Å²) in [6.45, 7) is 9.27. The maximum Gasteiger partial charge on any atom is 0.182 e. The number of nitrogens with zero attached hydrogens (tertiary/aromatic N) is 1. The van der Waals surface area contributed by atoms with Crippen molar-refractivity contribution in [2.24, 2.45) is 5.41 Å². The molecule has 0 aliphatic heterocycles. The first-order valence-corrected chi connectivity index (χ1v) is 6.39. The van der Waals surface area contributed by atoms with Gasteiger partial charge in [0.25, 0.3) is 0 Å². The number of ether oxygens (including phenoxy) is 1. The smallest absolute Gasteiger partial charge is 0.182 e. The van der Waals surface area contributed by atoms with Gasteiger partial charge in [-0.2, -0.15) is 5.26 Å². The molecule has 3 nitrogen and oxygen atoms in total. The van der Waals surface area contributed by atoms with Gasteiger partial charge in [-0.05, 0) is 49.9 Å². The van der Waals surface area contributed by atoms with Gasteiger partial charge in [-0.3, -0.25) is 4.79 Å². The minimum absolute atomic E-state index is 0.142. The minimum atomic E-state index is -1.01. The Labute approximate surface area is 115 Å². The molecule has 19 heavy (non-hydrogen) atoms. The number of hydrogen-bond donors (Lipinski definition) is 0. The standard InChI is InChI=1S/C16H21NO2/c1-10(2)12-8-13(11(3)7-14(12)19-6)15(18)16(4,5)9-17/h7-8,10H,1-6H3. The van der Waals surface area contributed by atoms with Gasteiger partial charge in [0, 0.05) is 5.56 Å². The van der Waals surface area contributed by atoms with E-state index in [4.69, 9.17) is 10.00 Å². The fraction of sp³-hybridized carbons (Fsp3) is 0.500. The molecule has 102 valence electrons. The van der Waals surface area contributed by atoms with Crippen LogP contribution in [0.4, 0.5) is 0 Å². The van der Waals surface area contributed by atoms with Crippen molar-refractivity contribution in [3.05, 3.63) is 28.8 Å². The monoisotopic (exact) mass is 259 g/mol. The second kappa shape index (κ2) is 5.44. The Hall–Kier alpha value is -1.82. The van der Waals surface area contributed by atoms with Crippen molar-refractivity contribution in [1.29, 1.82) is 5.26 Å². The lowest BCUT2D eigenvalue weighted by molar-refractivity contribution is 0.0891. The van der Waals surface area contributed by atoms with Crippen LogP contribution in [0.5, 0.6) is 5.75 Å². The highest BCUT2D eigenvalue weighted by molar-refractivity contribution is 6.03. The normalized spacial score (nSPS) is 11.3. The van der Waals surface area contributed by atoms with Crippen molar-refractivity contribution in [2.45, 2.75) is 40.5 Å². The molecule has 0 atom stereocenters. The van der Waals surface area contributed by atoms with E-state index in [1.165, 1.54) is 0 Å². The maximum atomic E-state index is 12.4. The van der Waals surface area contributed by atoms with Crippen LogP contribution >= 0.6 is 0 Å². The molecule has 0 N–H and O–H groups in total. The third kappa shape index (κ3) is 2.96. The number of methoxy groups -OCH3 is 1. The van der Waals surface area contributed by atoms with Gasteiger partial charge in [0.15, 0.2) is 5.78 Å². The van der Waals surface area contributed by atoms with Crippen LogP contribution in [0.3, 0.4) is 0 Å². The van der Waals surface area contributed by atoms with Crippen molar-refractivity contribution < 1.29 is 9.53 Å². The summed E-state index contributed by atoms with van der Waals surface area (Å²) in [5.41, 5.74) is 1.43. The number of carbonyl (C=O) groups is 1. The number of Topliss-reactive ketones (excluding diaryl/α,β-unsaturated/α-hetero) is 1. The lowest BCUT2D eigenvalue weighted by Crippen LogP contribution is -2.23. The molecule has 0 bridgehead atoms. The number of benzene rings is 1. The van der Waals surface area contributed by atoms with Crippen LogP contribution in [0.25, 0.3) is 0 Å². The van der Waals surface area contributed by atoms with Gasteiger partial charge < -0.3 is 4.74 Å². The van der Waals surface area contributed by atoms with Crippen molar-refractivity contribution >= 4 is 5.78 Å². The molecule has 0 fully saturated rings. The maximum absolute atomic E-state index is 12.4. The second-order valence-corrected chi connectivity index (χ2v) is 5.63. The zero-order valence-corrected chi connectivity index (χ0v) is 12.5. The predicted molar refractivity (Wildman–Crippen MR) is 75.5 cm³/mol. The van der Waals surface area contributed by atoms with Gasteiger partial charge in [-0.25, -0.2) is 0 Å². The Balaban J connectivity index is 3.43. The molecule has 0 radical (unpaired) electrons. The van der Waals surface area contributed by atoms with Gasteiger partial charge in [-0.1, -0.05) is 13.8 Å². The molecule has 0 saturated heterocycles. The Morgan fingerprint density at radius 3 is 2.37 bits per heavy atom. The van der Waals surface area contributed by atoms with E-state index in [-0.39, 0.29) is 11.7 Å². The Morgan fingerprint density at radius 2 is 1.95 bits per heavy atom. The Bertz CT molecular complexity index is 536. The van der Waals surface area contributed by atoms with E-state index >= 15 is 0 Å². The van der Waals surface area contributed by atoms with E-state index in [9.17, 15) is 4.79 Å². The van der Waals surface area contributed by atoms with Crippen LogP contribution < -0.4 is 4.74 Å². The van der Waals surface area contributed by atoms with Gasteiger partial charge >= 0.3 is 0 Å². The first kappa shape index (κ1) is 15.2. The topological polar surface area (TPSA) is 50.1 Å². The second-order valence-electron chi connectivity index (χ2n) is 5.63. The molecule has 0 aliphatic carbocycles. The third-order valence-corrected chi connectivity index (χ3v) is 3.29. The molecule has 1 aromatic carbocycles. The summed E-state index contributed by atoms with van der Waals surface area (Å²) < 4.78 is 5.36. The summed E-state index contributed by atoms with van der Waals surface area (Å²) >= 11 is 0. The lowest BCUT2D eigenvalue weighted by atomic mass is 9.83. The lowest BCUT2D eigenvalue weighted by Gasteiger charge is -2.19. The van der Waals surface area contributed by atoms with Crippen molar-refractivity contribution in [3.8, 4) is 11.8 Å². The third-order valence-electron chi connectivity index (χ3n) is 3.29. The number of ketones is 1. The molecule has 0 aromatic heterocycles. The number of hydrogen-bond acceptors (Lipinski definition) is 3. The van der Waals surface area contributed by atoms with Crippen LogP contribution in [0, 0.1) is 23.7 Å². The summed E-state index contributed by atoms with van der Waals surface area (Å²) in [5, 5.41) is 9.10. The number of rotatable bonds is 4. The van der Waals surface area contributed by atoms with Crippen LogP contribution in [0.15, 0.2) is 12.1 Å². The quantitative estimate of drug-likeness (QED) is 0.771. The average Bonchev–Trinajstić information content (AvgIpc) is 2.37. The summed E-state index contributed by atoms with van der Waals surface area (Å²) in [4.78, 5) is 12.4. The zero-order valence-electron chi connectivity index (χ0n) is 12.5. The van der Waals surface area contributed by atoms with Gasteiger partial charge in [0.2, 0.25) is 0 Å². The van der Waals surface area contributed by atoms with Gasteiger partial charge in [-0.15, -0.1) is 0 Å². The first-order valence-electron chi connectivity index (χ1n) is 6.39. The molecule has 1 rings (SSSR count). The highest BCUT2D eigenvalue weighted by atomic mass is 16.5. The van der Waals surface area contributed by atoms with Crippen LogP contribution in [0.1, 0.15) is 55.1 Å². The van der Waals surface area contributed by atoms with Gasteiger partial charge in [0.1, 0.15) is 11.2 Å². The number of aryl methyl sites for hydroxylation is 1. The van der Waals surface area contributed by atoms with Crippen LogP contribution in [-0.4, -0.2) is 12.9 Å². The number of carbonyl (C=O) groups excluding carboxylic acids is 1. The molecule has 3 heteroatoms. The highest BCUT2D eigenvalue weighted by Crippen LogP contribution is 2.32. The average molecular weight is 259 g/mol. The summed E-state index contributed by atoms with van der Waals surface area (Å²) in [6.07, 6.45) is 0. The molecule has 0 heterocycles. The molecular formula is C16H21NO2. The van der Waals surface area contributed by atoms with E-state index in [2.05, 4.69) is 19.9 Å². The van der Waals surface area contributed by atoms with E-state index in [1.807, 2.05) is 19.1 Å². The Kier molecular flexibility index (Phi) is 4.36. The predicted octanol–water partition coefficient (Wildman–Crippen LogP) is 3.86. The molecule has 0 saturated carbocycles. The zero-order chi connectivity index (χ0) is 14.8. The first-order chi connectivity index (χ1) is 8.74. The van der Waals surface area contributed by atoms with Gasteiger partial charge in [0.05, 0.1) is 13.2 Å². The summed E-state index contributed by atoms with van der Waals surface area (Å²) in [5.74, 6) is 0.906. The van der Waals surface area contributed by atoms with Crippen molar-refractivity contribution in [3.63, 3.8) is 0 Å². The molecule has 0 amide bonds. The highest BCUT2D eigenvalue weighted by Gasteiger charge is 2.30. The van der Waals surface area contributed by atoms with Crippen molar-refractivity contribution in [1.82, 2.24) is 0 Å². The molecule has 0 spiro atoms. The van der Waals surface area contributed by atoms with Crippen molar-refractivity contribution in [2.75, 3.05) is 7.11 Å². The summed E-state index contributed by atoms with van der Waals surface area (Å²) in [7, 11) is 1.63. The summed E-state index contributed by atoms with van der Waals surface area (Å²) in [6, 6.07) is 5.80. The fourth-order valence-corrected chi connectivity index (χ4v) is 1.96. The van der Waals surface area contributed by atoms with E-state index < -0.39 is 5.41 Å². The van der Waals surface area contributed by atoms with E-state index in [0.717, 1.165) is 16.9 Å². The number of nitriles is 1. The van der Waals surface area contributed by atoms with Crippen LogP contribution in [-0.2, 0) is 0 Å². The van der Waals surface area contributed by atoms with E-state index in [1.54, 1.807) is 21.0 Å².